The van der Waals surface area contributed by atoms with Crippen molar-refractivity contribution >= 4 is 23.8 Å². The van der Waals surface area contributed by atoms with E-state index < -0.39 is 7.92 Å². The van der Waals surface area contributed by atoms with Gasteiger partial charge in [-0.05, 0) is 61.3 Å². The first-order valence-electron chi connectivity index (χ1n) is 12.1. The van der Waals surface area contributed by atoms with Gasteiger partial charge < -0.3 is 4.74 Å². The topological polar surface area (TPSA) is 9.23 Å². The van der Waals surface area contributed by atoms with Gasteiger partial charge in [-0.2, -0.15) is 0 Å². The first-order chi connectivity index (χ1) is 16.1. The molecule has 3 aromatic rings. The van der Waals surface area contributed by atoms with Crippen molar-refractivity contribution in [3.8, 4) is 5.75 Å². The zero-order valence-electron chi connectivity index (χ0n) is 19.8. The Morgan fingerprint density at radius 1 is 0.818 bits per heavy atom. The Kier molecular flexibility index (Phi) is 6.52. The number of benzene rings is 3. The van der Waals surface area contributed by atoms with Crippen LogP contribution in [0.1, 0.15) is 27.2 Å². The molecule has 3 aliphatic carbocycles. The Bertz CT molecular complexity index is 1110. The van der Waals surface area contributed by atoms with E-state index in [0.717, 1.165) is 11.7 Å². The molecule has 3 aromatic carbocycles. The lowest BCUT2D eigenvalue weighted by atomic mass is 9.63. The highest BCUT2D eigenvalue weighted by Crippen LogP contribution is 2.46. The zero-order chi connectivity index (χ0) is 22.8. The van der Waals surface area contributed by atoms with Gasteiger partial charge in [0.2, 0.25) is 0 Å². The average Bonchev–Trinajstić information content (AvgIpc) is 2.85. The lowest BCUT2D eigenvalue weighted by Gasteiger charge is -2.42. The minimum Gasteiger partial charge on any atom is -0.489 e. The minimum atomic E-state index is -0.684. The summed E-state index contributed by atoms with van der Waals surface area (Å²) in [5.74, 6) is 3.54. The summed E-state index contributed by atoms with van der Waals surface area (Å²) in [6, 6.07) is 30.4. The molecule has 0 spiro atoms. The van der Waals surface area contributed by atoms with Crippen molar-refractivity contribution in [3.63, 3.8) is 0 Å². The van der Waals surface area contributed by atoms with Gasteiger partial charge in [0, 0.05) is 11.2 Å². The standard InChI is InChI=1S/C31H33OP/c1-22(2)28-20-24-19-25(29(28)18-23(24)3)21-32-30-16-10-11-17-31(30)33(26-12-6-4-7-13-26)27-14-8-5-9-15-27/h4-19,22,24,28-29H,20-21H2,1-3H3/t24-,28+,29+/m0/s1. The number of para-hydroxylation sites is 1. The molecule has 0 aliphatic heterocycles. The summed E-state index contributed by atoms with van der Waals surface area (Å²) >= 11 is 0. The zero-order valence-corrected chi connectivity index (χ0v) is 20.7. The van der Waals surface area contributed by atoms with E-state index in [1.165, 1.54) is 33.5 Å². The molecule has 0 N–H and O–H groups in total. The molecule has 33 heavy (non-hydrogen) atoms. The van der Waals surface area contributed by atoms with Gasteiger partial charge in [-0.25, -0.2) is 0 Å². The fourth-order valence-electron chi connectivity index (χ4n) is 5.44. The Balaban J connectivity index is 1.45. The number of rotatable bonds is 7. The Morgan fingerprint density at radius 2 is 1.42 bits per heavy atom. The summed E-state index contributed by atoms with van der Waals surface area (Å²) < 4.78 is 6.64. The molecule has 3 atom stereocenters. The first-order valence-corrected chi connectivity index (χ1v) is 13.5. The molecule has 1 nitrogen and oxygen atoms in total. The van der Waals surface area contributed by atoms with Crippen LogP contribution >= 0.6 is 7.92 Å². The second kappa shape index (κ2) is 9.70. The second-order valence-electron chi connectivity index (χ2n) is 9.69. The maximum Gasteiger partial charge on any atom is 0.128 e. The molecule has 0 unspecified atom stereocenters. The van der Waals surface area contributed by atoms with Crippen molar-refractivity contribution in [1.82, 2.24) is 0 Å². The van der Waals surface area contributed by atoms with Crippen LogP contribution < -0.4 is 20.7 Å². The number of allylic oxidation sites excluding steroid dienone is 3. The van der Waals surface area contributed by atoms with Crippen molar-refractivity contribution in [2.24, 2.45) is 23.7 Å². The highest BCUT2D eigenvalue weighted by atomic mass is 31.1. The molecule has 2 bridgehead atoms. The van der Waals surface area contributed by atoms with E-state index in [0.29, 0.717) is 24.4 Å². The fourth-order valence-corrected chi connectivity index (χ4v) is 7.83. The Labute approximate surface area is 200 Å². The van der Waals surface area contributed by atoms with Crippen LogP contribution in [-0.2, 0) is 0 Å². The Morgan fingerprint density at radius 3 is 2.03 bits per heavy atom. The van der Waals surface area contributed by atoms with E-state index >= 15 is 0 Å². The molecule has 6 rings (SSSR count). The van der Waals surface area contributed by atoms with Gasteiger partial charge in [-0.1, -0.05) is 110 Å². The molecule has 3 aliphatic rings. The van der Waals surface area contributed by atoms with Gasteiger partial charge in [0.25, 0.3) is 0 Å². The fraction of sp³-hybridized carbons (Fsp3) is 0.290. The molecule has 168 valence electrons. The third kappa shape index (κ3) is 4.57. The predicted molar refractivity (Wildman–Crippen MR) is 142 cm³/mol. The lowest BCUT2D eigenvalue weighted by Crippen LogP contribution is -2.34. The van der Waals surface area contributed by atoms with E-state index in [9.17, 15) is 0 Å². The van der Waals surface area contributed by atoms with Crippen molar-refractivity contribution in [1.29, 1.82) is 0 Å². The predicted octanol–water partition coefficient (Wildman–Crippen LogP) is 6.62. The molecule has 0 radical (unpaired) electrons. The van der Waals surface area contributed by atoms with E-state index in [-0.39, 0.29) is 0 Å². The largest absolute Gasteiger partial charge is 0.489 e. The number of hydrogen-bond donors (Lipinski definition) is 0. The molecule has 2 heteroatoms. The quantitative estimate of drug-likeness (QED) is 0.289. The third-order valence-electron chi connectivity index (χ3n) is 7.24. The van der Waals surface area contributed by atoms with Crippen LogP contribution in [0.5, 0.6) is 5.75 Å². The van der Waals surface area contributed by atoms with Gasteiger partial charge in [-0.3, -0.25) is 0 Å². The molecule has 0 heterocycles. The van der Waals surface area contributed by atoms with E-state index in [1.807, 2.05) is 0 Å². The highest BCUT2D eigenvalue weighted by Gasteiger charge is 2.37. The number of hydrogen-bond acceptors (Lipinski definition) is 1. The highest BCUT2D eigenvalue weighted by molar-refractivity contribution is 7.80. The van der Waals surface area contributed by atoms with Crippen LogP contribution in [0.25, 0.3) is 0 Å². The van der Waals surface area contributed by atoms with E-state index in [2.05, 4.69) is 118 Å². The van der Waals surface area contributed by atoms with Crippen molar-refractivity contribution in [2.45, 2.75) is 27.2 Å². The molecule has 0 amide bonds. The summed E-state index contributed by atoms with van der Waals surface area (Å²) in [7, 11) is -0.684. The van der Waals surface area contributed by atoms with Crippen LogP contribution in [0.2, 0.25) is 0 Å². The van der Waals surface area contributed by atoms with Gasteiger partial charge in [0.05, 0.1) is 0 Å². The van der Waals surface area contributed by atoms with Crippen LogP contribution in [0.3, 0.4) is 0 Å². The first kappa shape index (κ1) is 22.2. The van der Waals surface area contributed by atoms with Gasteiger partial charge in [0.15, 0.2) is 0 Å². The lowest BCUT2D eigenvalue weighted by molar-refractivity contribution is 0.227. The monoisotopic (exact) mass is 452 g/mol. The molecule has 0 saturated heterocycles. The second-order valence-corrected chi connectivity index (χ2v) is 11.9. The normalized spacial score (nSPS) is 21.8. The smallest absolute Gasteiger partial charge is 0.128 e. The minimum absolute atomic E-state index is 0.520. The van der Waals surface area contributed by atoms with Gasteiger partial charge in [-0.15, -0.1) is 0 Å². The SMILES string of the molecule is CC1=C[C@@H]2C(COc3ccccc3P(c3ccccc3)c3ccccc3)=C[C@H]1C[C@@H]2C(C)C. The number of fused-ring (bicyclic) bond motifs is 1. The average molecular weight is 453 g/mol. The summed E-state index contributed by atoms with van der Waals surface area (Å²) in [5.41, 5.74) is 3.01. The van der Waals surface area contributed by atoms with Crippen LogP contribution in [0.15, 0.2) is 108 Å². The van der Waals surface area contributed by atoms with Crippen LogP contribution in [-0.4, -0.2) is 6.61 Å². The van der Waals surface area contributed by atoms with Gasteiger partial charge in [0.1, 0.15) is 12.4 Å². The van der Waals surface area contributed by atoms with Crippen molar-refractivity contribution in [3.05, 3.63) is 108 Å². The molecular formula is C31H33OP. The number of ether oxygens (including phenoxy) is 1. The molecule has 0 aromatic heterocycles. The summed E-state index contributed by atoms with van der Waals surface area (Å²) in [4.78, 5) is 0. The van der Waals surface area contributed by atoms with Gasteiger partial charge >= 0.3 is 0 Å². The molecule has 0 fully saturated rings. The molecule has 0 saturated carbocycles. The molecular weight excluding hydrogens is 419 g/mol. The van der Waals surface area contributed by atoms with Crippen molar-refractivity contribution < 1.29 is 4.74 Å². The summed E-state index contributed by atoms with van der Waals surface area (Å²) in [6.45, 7) is 7.72. The van der Waals surface area contributed by atoms with Crippen LogP contribution in [0.4, 0.5) is 0 Å². The van der Waals surface area contributed by atoms with Crippen LogP contribution in [0, 0.1) is 23.7 Å². The summed E-state index contributed by atoms with van der Waals surface area (Å²) in [6.07, 6.45) is 6.31. The Hall–Kier alpha value is -2.63. The van der Waals surface area contributed by atoms with E-state index in [1.54, 1.807) is 0 Å². The third-order valence-corrected chi connectivity index (χ3v) is 9.72. The van der Waals surface area contributed by atoms with E-state index in [4.69, 9.17) is 4.74 Å². The maximum atomic E-state index is 6.64. The maximum absolute atomic E-state index is 6.64. The van der Waals surface area contributed by atoms with Crippen molar-refractivity contribution in [2.75, 3.05) is 6.61 Å². The summed E-state index contributed by atoms with van der Waals surface area (Å²) in [5, 5.41) is 3.99.